The van der Waals surface area contributed by atoms with Crippen LogP contribution in [0.2, 0.25) is 0 Å². The van der Waals surface area contributed by atoms with Crippen molar-refractivity contribution in [3.8, 4) is 11.3 Å². The number of hydrogen-bond acceptors (Lipinski definition) is 5. The lowest BCUT2D eigenvalue weighted by Gasteiger charge is -2.18. The van der Waals surface area contributed by atoms with Gasteiger partial charge in [0.2, 0.25) is 11.8 Å². The highest BCUT2D eigenvalue weighted by atomic mass is 19.1. The van der Waals surface area contributed by atoms with Gasteiger partial charge in [-0.25, -0.2) is 4.39 Å². The fraction of sp³-hybridized carbons (Fsp3) is 0.276. The first-order chi connectivity index (χ1) is 18.4. The molecule has 38 heavy (non-hydrogen) atoms. The fourth-order valence-electron chi connectivity index (χ4n) is 3.71. The molecule has 0 bridgehead atoms. The molecule has 0 aliphatic rings. The van der Waals surface area contributed by atoms with Crippen LogP contribution >= 0.6 is 0 Å². The quantitative estimate of drug-likeness (QED) is 0.321. The number of unbranched alkanes of at least 4 members (excludes halogenated alkanes) is 1. The smallest absolute Gasteiger partial charge is 0.251 e. The third-order valence-electron chi connectivity index (χ3n) is 5.77. The number of Topliss-reactive ketones (excluding diaryl/α,β-unsaturated/α-hetero) is 1. The molecule has 3 aromatic rings. The van der Waals surface area contributed by atoms with Crippen molar-refractivity contribution in [1.82, 2.24) is 20.9 Å². The summed E-state index contributed by atoms with van der Waals surface area (Å²) in [6.07, 6.45) is 3.68. The van der Waals surface area contributed by atoms with E-state index in [1.165, 1.54) is 24.3 Å². The second kappa shape index (κ2) is 14.4. The minimum Gasteiger partial charge on any atom is -0.349 e. The SMILES string of the molecule is CCCC[C@H](NC(=O)c1ccc(F)cc1)C(=O)NCC(=O)CNC(=O)Cc1cccc(-c2ccccn2)c1. The predicted molar refractivity (Wildman–Crippen MR) is 142 cm³/mol. The summed E-state index contributed by atoms with van der Waals surface area (Å²) < 4.78 is 13.1. The monoisotopic (exact) mass is 518 g/mol. The summed E-state index contributed by atoms with van der Waals surface area (Å²) in [7, 11) is 0. The minimum absolute atomic E-state index is 0.0921. The van der Waals surface area contributed by atoms with Gasteiger partial charge in [0.15, 0.2) is 5.78 Å². The highest BCUT2D eigenvalue weighted by Crippen LogP contribution is 2.18. The average Bonchev–Trinajstić information content (AvgIpc) is 2.93. The normalized spacial score (nSPS) is 11.3. The molecule has 198 valence electrons. The van der Waals surface area contributed by atoms with E-state index in [9.17, 15) is 23.6 Å². The van der Waals surface area contributed by atoms with Crippen LogP contribution in [0.5, 0.6) is 0 Å². The first kappa shape index (κ1) is 28.2. The van der Waals surface area contributed by atoms with E-state index in [0.717, 1.165) is 23.2 Å². The van der Waals surface area contributed by atoms with Crippen molar-refractivity contribution in [2.24, 2.45) is 0 Å². The van der Waals surface area contributed by atoms with Gasteiger partial charge in [0.05, 0.1) is 25.2 Å². The van der Waals surface area contributed by atoms with Crippen LogP contribution in [-0.4, -0.2) is 47.6 Å². The molecule has 2 aromatic carbocycles. The van der Waals surface area contributed by atoms with Gasteiger partial charge < -0.3 is 16.0 Å². The number of aromatic nitrogens is 1. The number of nitrogens with one attached hydrogen (secondary N) is 3. The fourth-order valence-corrected chi connectivity index (χ4v) is 3.71. The second-order valence-corrected chi connectivity index (χ2v) is 8.80. The molecule has 0 aliphatic heterocycles. The zero-order valence-corrected chi connectivity index (χ0v) is 21.2. The third kappa shape index (κ3) is 8.92. The van der Waals surface area contributed by atoms with Crippen LogP contribution in [0.25, 0.3) is 11.3 Å². The molecule has 1 aromatic heterocycles. The van der Waals surface area contributed by atoms with E-state index in [2.05, 4.69) is 20.9 Å². The topological polar surface area (TPSA) is 117 Å². The van der Waals surface area contributed by atoms with Crippen LogP contribution in [0.4, 0.5) is 4.39 Å². The molecular weight excluding hydrogens is 487 g/mol. The van der Waals surface area contributed by atoms with Crippen LogP contribution in [0.15, 0.2) is 72.9 Å². The molecular formula is C29H31FN4O4. The number of carbonyl (C=O) groups is 4. The summed E-state index contributed by atoms with van der Waals surface area (Å²) in [5.74, 6) is -2.18. The maximum atomic E-state index is 13.1. The van der Waals surface area contributed by atoms with Crippen molar-refractivity contribution in [3.05, 3.63) is 89.9 Å². The summed E-state index contributed by atoms with van der Waals surface area (Å²) >= 11 is 0. The minimum atomic E-state index is -0.846. The van der Waals surface area contributed by atoms with Crippen molar-refractivity contribution in [3.63, 3.8) is 0 Å². The van der Waals surface area contributed by atoms with Crippen molar-refractivity contribution in [2.45, 2.75) is 38.6 Å². The maximum absolute atomic E-state index is 13.1. The zero-order chi connectivity index (χ0) is 27.3. The highest BCUT2D eigenvalue weighted by molar-refractivity contribution is 5.98. The van der Waals surface area contributed by atoms with E-state index >= 15 is 0 Å². The molecule has 0 saturated carbocycles. The van der Waals surface area contributed by atoms with E-state index in [0.29, 0.717) is 12.8 Å². The number of pyridine rings is 1. The van der Waals surface area contributed by atoms with Gasteiger partial charge in [-0.15, -0.1) is 0 Å². The highest BCUT2D eigenvalue weighted by Gasteiger charge is 2.21. The molecule has 3 N–H and O–H groups in total. The van der Waals surface area contributed by atoms with Crippen LogP contribution in [0.1, 0.15) is 42.1 Å². The van der Waals surface area contributed by atoms with Crippen LogP contribution in [-0.2, 0) is 20.8 Å². The molecule has 0 aliphatic carbocycles. The van der Waals surface area contributed by atoms with Crippen molar-refractivity contribution < 1.29 is 23.6 Å². The third-order valence-corrected chi connectivity index (χ3v) is 5.77. The number of ketones is 1. The Balaban J connectivity index is 1.46. The van der Waals surface area contributed by atoms with Gasteiger partial charge in [0.25, 0.3) is 5.91 Å². The van der Waals surface area contributed by atoms with Gasteiger partial charge in [-0.05, 0) is 54.4 Å². The van der Waals surface area contributed by atoms with Gasteiger partial charge >= 0.3 is 0 Å². The van der Waals surface area contributed by atoms with Crippen LogP contribution in [0.3, 0.4) is 0 Å². The van der Waals surface area contributed by atoms with Gasteiger partial charge in [-0.3, -0.25) is 24.2 Å². The Labute approximate surface area is 221 Å². The van der Waals surface area contributed by atoms with Crippen molar-refractivity contribution in [1.29, 1.82) is 0 Å². The lowest BCUT2D eigenvalue weighted by atomic mass is 10.1. The number of hydrogen-bond donors (Lipinski definition) is 3. The zero-order valence-electron chi connectivity index (χ0n) is 21.2. The van der Waals surface area contributed by atoms with Gasteiger partial charge in [-0.1, -0.05) is 44.0 Å². The first-order valence-electron chi connectivity index (χ1n) is 12.5. The Kier molecular flexibility index (Phi) is 10.7. The average molecular weight is 519 g/mol. The number of nitrogens with zero attached hydrogens (tertiary/aromatic N) is 1. The molecule has 3 rings (SSSR count). The molecule has 1 atom stereocenters. The summed E-state index contributed by atoms with van der Waals surface area (Å²) in [5.41, 5.74) is 2.69. The molecule has 1 heterocycles. The number of carbonyl (C=O) groups excluding carboxylic acids is 4. The Bertz CT molecular complexity index is 1250. The first-order valence-corrected chi connectivity index (χ1v) is 12.5. The van der Waals surface area contributed by atoms with E-state index in [4.69, 9.17) is 0 Å². The van der Waals surface area contributed by atoms with E-state index < -0.39 is 23.7 Å². The van der Waals surface area contributed by atoms with Crippen molar-refractivity contribution in [2.75, 3.05) is 13.1 Å². The van der Waals surface area contributed by atoms with E-state index in [1.54, 1.807) is 6.20 Å². The van der Waals surface area contributed by atoms with Crippen LogP contribution in [0, 0.1) is 5.82 Å². The molecule has 0 unspecified atom stereocenters. The molecule has 0 spiro atoms. The summed E-state index contributed by atoms with van der Waals surface area (Å²) in [4.78, 5) is 54.1. The molecule has 9 heteroatoms. The van der Waals surface area contributed by atoms with Gasteiger partial charge in [-0.2, -0.15) is 0 Å². The summed E-state index contributed by atoms with van der Waals surface area (Å²) in [6, 6.07) is 17.2. The second-order valence-electron chi connectivity index (χ2n) is 8.80. The summed E-state index contributed by atoms with van der Waals surface area (Å²) in [6.45, 7) is 1.43. The Morgan fingerprint density at radius 3 is 2.39 bits per heavy atom. The van der Waals surface area contributed by atoms with Crippen molar-refractivity contribution >= 4 is 23.5 Å². The Morgan fingerprint density at radius 2 is 1.68 bits per heavy atom. The number of benzene rings is 2. The molecule has 0 radical (unpaired) electrons. The van der Waals surface area contributed by atoms with E-state index in [1.807, 2.05) is 49.4 Å². The summed E-state index contributed by atoms with van der Waals surface area (Å²) in [5, 5.41) is 7.76. The number of amides is 3. The molecule has 3 amide bonds. The standard InChI is InChI=1S/C29H31FN4O4/c1-2-3-9-26(34-28(37)21-11-13-23(30)14-12-21)29(38)33-19-24(35)18-32-27(36)17-20-7-6-8-22(16-20)25-10-4-5-15-31-25/h4-8,10-16,26H,2-3,9,17-19H2,1H3,(H,32,36)(H,33,38)(H,34,37)/t26-/m0/s1. The lowest BCUT2D eigenvalue weighted by Crippen LogP contribution is -2.48. The number of halogens is 1. The van der Waals surface area contributed by atoms with E-state index in [-0.39, 0.29) is 36.8 Å². The lowest BCUT2D eigenvalue weighted by molar-refractivity contribution is -0.127. The van der Waals surface area contributed by atoms with Crippen LogP contribution < -0.4 is 16.0 Å². The Morgan fingerprint density at radius 1 is 0.921 bits per heavy atom. The Hall–Kier alpha value is -4.40. The molecule has 8 nitrogen and oxygen atoms in total. The molecule has 0 saturated heterocycles. The number of rotatable bonds is 13. The van der Waals surface area contributed by atoms with Gasteiger partial charge in [0.1, 0.15) is 11.9 Å². The van der Waals surface area contributed by atoms with Gasteiger partial charge in [0, 0.05) is 17.3 Å². The largest absolute Gasteiger partial charge is 0.349 e. The maximum Gasteiger partial charge on any atom is 0.251 e. The molecule has 0 fully saturated rings. The predicted octanol–water partition coefficient (Wildman–Crippen LogP) is 3.22.